The summed E-state index contributed by atoms with van der Waals surface area (Å²) in [6.45, 7) is 5.95. The Morgan fingerprint density at radius 2 is 1.88 bits per heavy atom. The van der Waals surface area contributed by atoms with Gasteiger partial charge in [0.25, 0.3) is 5.91 Å². The summed E-state index contributed by atoms with van der Waals surface area (Å²) in [4.78, 5) is 18.6. The third-order valence-corrected chi connectivity index (χ3v) is 6.69. The van der Waals surface area contributed by atoms with E-state index in [4.69, 9.17) is 9.72 Å². The third-order valence-electron chi connectivity index (χ3n) is 6.20. The standard InChI is InChI=1S/C27H25BrN4O2/c1-15-9-12-20(16(2)13-15)30-26(33)24-17(3)29-27-31-21-7-5-6-8-22(21)32(27)25(24)19-11-10-18(28)14-23(19)34-4/h5-14,25H,1-4H3,(H,29,31)(H,30,33). The van der Waals surface area contributed by atoms with Crippen LogP contribution in [0.25, 0.3) is 11.0 Å². The van der Waals surface area contributed by atoms with E-state index in [9.17, 15) is 4.79 Å². The smallest absolute Gasteiger partial charge is 0.255 e. The minimum absolute atomic E-state index is 0.171. The van der Waals surface area contributed by atoms with Gasteiger partial charge in [-0.15, -0.1) is 0 Å². The summed E-state index contributed by atoms with van der Waals surface area (Å²) in [5.41, 5.74) is 6.98. The number of nitrogens with zero attached hydrogens (tertiary/aromatic N) is 2. The number of allylic oxidation sites excluding steroid dienone is 1. The van der Waals surface area contributed by atoms with Crippen molar-refractivity contribution >= 4 is 44.5 Å². The number of anilines is 2. The highest BCUT2D eigenvalue weighted by Crippen LogP contribution is 2.43. The Labute approximate surface area is 206 Å². The third kappa shape index (κ3) is 3.76. The molecule has 2 N–H and O–H groups in total. The Hall–Kier alpha value is -3.58. The average Bonchev–Trinajstić information content (AvgIpc) is 3.17. The van der Waals surface area contributed by atoms with Crippen LogP contribution < -0.4 is 15.4 Å². The van der Waals surface area contributed by atoms with Crippen molar-refractivity contribution < 1.29 is 9.53 Å². The van der Waals surface area contributed by atoms with Crippen LogP contribution in [-0.4, -0.2) is 22.6 Å². The summed E-state index contributed by atoms with van der Waals surface area (Å²) in [6, 6.07) is 19.4. The maximum Gasteiger partial charge on any atom is 0.255 e. The molecule has 0 aliphatic carbocycles. The normalized spacial score (nSPS) is 15.1. The number of para-hydroxylation sites is 2. The lowest BCUT2D eigenvalue weighted by molar-refractivity contribution is -0.113. The number of amides is 1. The zero-order valence-corrected chi connectivity index (χ0v) is 21.0. The van der Waals surface area contributed by atoms with Crippen molar-refractivity contribution in [1.29, 1.82) is 0 Å². The van der Waals surface area contributed by atoms with E-state index in [0.29, 0.717) is 17.3 Å². The number of fused-ring (bicyclic) bond motifs is 3. The largest absolute Gasteiger partial charge is 0.496 e. The molecule has 34 heavy (non-hydrogen) atoms. The first-order valence-corrected chi connectivity index (χ1v) is 11.8. The summed E-state index contributed by atoms with van der Waals surface area (Å²) in [6.07, 6.45) is 0. The van der Waals surface area contributed by atoms with Crippen molar-refractivity contribution in [2.24, 2.45) is 0 Å². The predicted molar refractivity (Wildman–Crippen MR) is 139 cm³/mol. The summed E-state index contributed by atoms with van der Waals surface area (Å²) >= 11 is 3.54. The van der Waals surface area contributed by atoms with Crippen LogP contribution in [0.2, 0.25) is 0 Å². The van der Waals surface area contributed by atoms with Crippen LogP contribution >= 0.6 is 15.9 Å². The number of aryl methyl sites for hydroxylation is 2. The summed E-state index contributed by atoms with van der Waals surface area (Å²) < 4.78 is 8.74. The predicted octanol–water partition coefficient (Wildman–Crippen LogP) is 6.35. The molecule has 4 aromatic rings. The highest BCUT2D eigenvalue weighted by Gasteiger charge is 2.35. The van der Waals surface area contributed by atoms with Crippen LogP contribution in [0.3, 0.4) is 0 Å². The number of methoxy groups -OCH3 is 1. The molecular weight excluding hydrogens is 492 g/mol. The SMILES string of the molecule is COc1cc(Br)ccc1C1C(C(=O)Nc2ccc(C)cc2C)=C(C)Nc2nc3ccccc3n21. The number of rotatable bonds is 4. The van der Waals surface area contributed by atoms with Gasteiger partial charge in [0.15, 0.2) is 0 Å². The molecule has 0 bridgehead atoms. The molecule has 0 spiro atoms. The molecule has 0 saturated carbocycles. The Morgan fingerprint density at radius 3 is 2.65 bits per heavy atom. The van der Waals surface area contributed by atoms with Crippen LogP contribution in [0.15, 0.2) is 76.4 Å². The quantitative estimate of drug-likeness (QED) is 0.331. The molecule has 1 atom stereocenters. The lowest BCUT2D eigenvalue weighted by Gasteiger charge is -2.31. The molecule has 5 rings (SSSR count). The Balaban J connectivity index is 1.70. The maximum atomic E-state index is 13.8. The fourth-order valence-electron chi connectivity index (χ4n) is 4.61. The molecule has 6 nitrogen and oxygen atoms in total. The molecule has 1 amide bonds. The number of imidazole rings is 1. The molecule has 172 valence electrons. The zero-order valence-electron chi connectivity index (χ0n) is 19.4. The molecule has 2 heterocycles. The topological polar surface area (TPSA) is 68.2 Å². The second kappa shape index (κ2) is 8.65. The van der Waals surface area contributed by atoms with Crippen LogP contribution in [-0.2, 0) is 4.79 Å². The molecule has 1 aliphatic rings. The van der Waals surface area contributed by atoms with Crippen molar-refractivity contribution in [3.05, 3.63) is 93.1 Å². The molecule has 0 radical (unpaired) electrons. The number of aromatic nitrogens is 2. The number of halogens is 1. The first kappa shape index (κ1) is 22.2. The zero-order chi connectivity index (χ0) is 24.0. The molecular formula is C27H25BrN4O2. The van der Waals surface area contributed by atoms with E-state index in [1.807, 2.05) is 75.4 Å². The van der Waals surface area contributed by atoms with Gasteiger partial charge in [-0.2, -0.15) is 0 Å². The van der Waals surface area contributed by atoms with Crippen molar-refractivity contribution in [2.45, 2.75) is 26.8 Å². The second-order valence-electron chi connectivity index (χ2n) is 8.52. The van der Waals surface area contributed by atoms with Crippen LogP contribution in [0, 0.1) is 13.8 Å². The van der Waals surface area contributed by atoms with Gasteiger partial charge in [-0.3, -0.25) is 9.36 Å². The van der Waals surface area contributed by atoms with Gasteiger partial charge in [0.1, 0.15) is 5.75 Å². The van der Waals surface area contributed by atoms with Gasteiger partial charge in [-0.25, -0.2) is 4.98 Å². The van der Waals surface area contributed by atoms with Gasteiger partial charge in [0, 0.05) is 21.4 Å². The molecule has 3 aromatic carbocycles. The van der Waals surface area contributed by atoms with Crippen molar-refractivity contribution in [1.82, 2.24) is 9.55 Å². The summed E-state index contributed by atoms with van der Waals surface area (Å²) in [5, 5.41) is 6.50. The highest BCUT2D eigenvalue weighted by atomic mass is 79.9. The first-order chi connectivity index (χ1) is 16.4. The molecule has 1 aliphatic heterocycles. The summed E-state index contributed by atoms with van der Waals surface area (Å²) in [5.74, 6) is 1.21. The number of hydrogen-bond donors (Lipinski definition) is 2. The molecule has 0 fully saturated rings. The molecule has 1 aromatic heterocycles. The van der Waals surface area contributed by atoms with E-state index in [1.54, 1.807) is 7.11 Å². The maximum absolute atomic E-state index is 13.8. The lowest BCUT2D eigenvalue weighted by atomic mass is 9.93. The number of carbonyl (C=O) groups excluding carboxylic acids is 1. The van der Waals surface area contributed by atoms with Gasteiger partial charge in [0.05, 0.1) is 29.8 Å². The van der Waals surface area contributed by atoms with E-state index >= 15 is 0 Å². The number of nitrogens with one attached hydrogen (secondary N) is 2. The van der Waals surface area contributed by atoms with Gasteiger partial charge >= 0.3 is 0 Å². The van der Waals surface area contributed by atoms with Gasteiger partial charge < -0.3 is 15.4 Å². The minimum Gasteiger partial charge on any atom is -0.496 e. The van der Waals surface area contributed by atoms with E-state index in [2.05, 4.69) is 37.2 Å². The minimum atomic E-state index is -0.433. The fourth-order valence-corrected chi connectivity index (χ4v) is 4.95. The number of ether oxygens (including phenoxy) is 1. The molecule has 0 saturated heterocycles. The van der Waals surface area contributed by atoms with Crippen LogP contribution in [0.5, 0.6) is 5.75 Å². The lowest BCUT2D eigenvalue weighted by Crippen LogP contribution is -2.31. The fraction of sp³-hybridized carbons (Fsp3) is 0.185. The number of carbonyl (C=O) groups is 1. The number of hydrogen-bond acceptors (Lipinski definition) is 4. The van der Waals surface area contributed by atoms with Crippen LogP contribution in [0.4, 0.5) is 11.6 Å². The first-order valence-electron chi connectivity index (χ1n) is 11.0. The van der Waals surface area contributed by atoms with E-state index in [0.717, 1.165) is 43.6 Å². The van der Waals surface area contributed by atoms with E-state index in [-0.39, 0.29) is 5.91 Å². The van der Waals surface area contributed by atoms with Gasteiger partial charge in [-0.1, -0.05) is 51.8 Å². The average molecular weight is 517 g/mol. The summed E-state index contributed by atoms with van der Waals surface area (Å²) in [7, 11) is 1.64. The highest BCUT2D eigenvalue weighted by molar-refractivity contribution is 9.10. The van der Waals surface area contributed by atoms with Gasteiger partial charge in [0.2, 0.25) is 5.95 Å². The van der Waals surface area contributed by atoms with E-state index < -0.39 is 6.04 Å². The Kier molecular flexibility index (Phi) is 5.65. The monoisotopic (exact) mass is 516 g/mol. The Morgan fingerprint density at radius 1 is 1.09 bits per heavy atom. The van der Waals surface area contributed by atoms with E-state index in [1.165, 1.54) is 0 Å². The Bertz CT molecular complexity index is 1470. The van der Waals surface area contributed by atoms with Crippen LogP contribution in [0.1, 0.15) is 29.7 Å². The number of benzene rings is 3. The molecule has 1 unspecified atom stereocenters. The van der Waals surface area contributed by atoms with Gasteiger partial charge in [-0.05, 0) is 56.7 Å². The van der Waals surface area contributed by atoms with Crippen molar-refractivity contribution in [3.8, 4) is 5.75 Å². The molecule has 7 heteroatoms. The van der Waals surface area contributed by atoms with Crippen molar-refractivity contribution in [3.63, 3.8) is 0 Å². The second-order valence-corrected chi connectivity index (χ2v) is 9.43. The van der Waals surface area contributed by atoms with Crippen molar-refractivity contribution in [2.75, 3.05) is 17.7 Å².